The molecule has 1 aromatic carbocycles. The summed E-state index contributed by atoms with van der Waals surface area (Å²) in [6, 6.07) is 7.75. The molecule has 1 unspecified atom stereocenters. The highest BCUT2D eigenvalue weighted by Crippen LogP contribution is 2.42. The maximum Gasteiger partial charge on any atom is 0.324 e. The predicted octanol–water partition coefficient (Wildman–Crippen LogP) is 3.80. The fourth-order valence-corrected chi connectivity index (χ4v) is 10.9. The monoisotopic (exact) mass is 940 g/mol. The summed E-state index contributed by atoms with van der Waals surface area (Å²) in [5.74, 6) is -1.20. The van der Waals surface area contributed by atoms with Gasteiger partial charge in [-0.25, -0.2) is 10.4 Å². The third-order valence-corrected chi connectivity index (χ3v) is 14.7. The van der Waals surface area contributed by atoms with Crippen molar-refractivity contribution >= 4 is 45.9 Å². The third-order valence-electron chi connectivity index (χ3n) is 13.8. The molecule has 3 fully saturated rings. The SMILES string of the molecule is CCn1c(-c2cccnc2[C@H](C)OC)c2c3cc(ccc31)-c1csc(n1)C[C@H](NC(=O)[C@H](C(C)C)N(C)C(O)N1CC(CN(C)C(=O)[C@H]3CN3)C1)C(=O)N1CCC[C@H](N1)C(=O)OCC(C)(C)C2. The van der Waals surface area contributed by atoms with Crippen LogP contribution in [0.1, 0.15) is 76.8 Å². The fourth-order valence-electron chi connectivity index (χ4n) is 10.1. The lowest BCUT2D eigenvalue weighted by atomic mass is 9.84. The van der Waals surface area contributed by atoms with E-state index in [2.05, 4.69) is 65.7 Å². The van der Waals surface area contributed by atoms with Gasteiger partial charge in [0, 0.05) is 105 Å². The van der Waals surface area contributed by atoms with Crippen LogP contribution in [0.2, 0.25) is 0 Å². The van der Waals surface area contributed by atoms with E-state index in [4.69, 9.17) is 19.4 Å². The number of rotatable bonds is 13. The number of aliphatic hydroxyl groups excluding tert-OH is 1. The van der Waals surface area contributed by atoms with Crippen LogP contribution in [0.15, 0.2) is 41.9 Å². The van der Waals surface area contributed by atoms with Crippen molar-refractivity contribution in [2.75, 3.05) is 60.5 Å². The largest absolute Gasteiger partial charge is 0.464 e. The molecule has 0 saturated carbocycles. The number of likely N-dealkylation sites (tertiary alicyclic amines) is 1. The van der Waals surface area contributed by atoms with Crippen molar-refractivity contribution < 1.29 is 33.8 Å². The van der Waals surface area contributed by atoms with Crippen molar-refractivity contribution in [3.05, 3.63) is 58.2 Å². The normalized spacial score (nSPS) is 22.8. The Morgan fingerprint density at radius 2 is 1.91 bits per heavy atom. The number of aliphatic hydroxyl groups is 1. The van der Waals surface area contributed by atoms with Crippen LogP contribution in [0, 0.1) is 17.3 Å². The van der Waals surface area contributed by atoms with Crippen LogP contribution in [0.4, 0.5) is 0 Å². The standard InChI is InChI=1S/C49H68N10O7S/c1-10-58-39-16-15-31-19-33(39)34(43(58)32-13-11-17-50-41(32)29(4)65-9)21-49(5,6)27-66-47(63)35-14-12-18-59(54-35)46(62)36(20-40-52-38(31)26-67-40)53-44(60)42(28(2)3)56(8)48(64)57-24-30(25-57)23-55(7)45(61)37-22-51-37/h11,13,15-17,19,26,28-30,35-37,42,48,51,54,64H,10,12,14,18,20-25,27H2,1-9H3,(H,53,60)/t29-,35-,36-,37+,42-,48?/m0/s1. The summed E-state index contributed by atoms with van der Waals surface area (Å²) in [5.41, 5.74) is 9.36. The van der Waals surface area contributed by atoms with Crippen LogP contribution in [0.3, 0.4) is 0 Å². The first-order valence-electron chi connectivity index (χ1n) is 23.7. The summed E-state index contributed by atoms with van der Waals surface area (Å²) >= 11 is 1.43. The third kappa shape index (κ3) is 10.3. The summed E-state index contributed by atoms with van der Waals surface area (Å²) in [7, 11) is 5.21. The minimum absolute atomic E-state index is 0.0792. The van der Waals surface area contributed by atoms with E-state index in [0.29, 0.717) is 63.5 Å². The lowest BCUT2D eigenvalue weighted by molar-refractivity contribution is -0.172. The molecule has 6 bridgehead atoms. The number of methoxy groups -OCH3 is 1. The second-order valence-corrected chi connectivity index (χ2v) is 20.9. The van der Waals surface area contributed by atoms with E-state index in [1.54, 1.807) is 37.2 Å². The highest BCUT2D eigenvalue weighted by Gasteiger charge is 2.42. The number of likely N-dealkylation sites (N-methyl/N-ethyl adjacent to an activating group) is 2. The average molecular weight is 941 g/mol. The van der Waals surface area contributed by atoms with Gasteiger partial charge in [0.2, 0.25) is 11.8 Å². The van der Waals surface area contributed by atoms with Crippen molar-refractivity contribution in [3.8, 4) is 22.5 Å². The first-order valence-corrected chi connectivity index (χ1v) is 24.6. The van der Waals surface area contributed by atoms with Crippen LogP contribution >= 0.6 is 11.3 Å². The number of amides is 3. The number of carbonyl (C=O) groups is 4. The molecule has 4 aromatic rings. The van der Waals surface area contributed by atoms with Gasteiger partial charge >= 0.3 is 5.97 Å². The highest BCUT2D eigenvalue weighted by atomic mass is 32.1. The van der Waals surface area contributed by atoms with Crippen molar-refractivity contribution in [1.29, 1.82) is 0 Å². The van der Waals surface area contributed by atoms with Crippen LogP contribution in [-0.4, -0.2) is 154 Å². The second-order valence-electron chi connectivity index (χ2n) is 20.0. The molecule has 362 valence electrons. The molecule has 4 N–H and O–H groups in total. The molecule has 7 heterocycles. The minimum atomic E-state index is -1.06. The number of aromatic nitrogens is 3. The van der Waals surface area contributed by atoms with Crippen molar-refractivity contribution in [2.45, 2.75) is 110 Å². The van der Waals surface area contributed by atoms with Gasteiger partial charge in [0.1, 0.15) is 12.1 Å². The summed E-state index contributed by atoms with van der Waals surface area (Å²) < 4.78 is 14.3. The number of nitrogens with zero attached hydrogens (tertiary/aromatic N) is 7. The Balaban J connectivity index is 1.10. The van der Waals surface area contributed by atoms with Gasteiger partial charge in [0.15, 0.2) is 6.35 Å². The van der Waals surface area contributed by atoms with Gasteiger partial charge in [-0.1, -0.05) is 33.8 Å². The van der Waals surface area contributed by atoms with Gasteiger partial charge in [-0.05, 0) is 75.9 Å². The Kier molecular flexibility index (Phi) is 14.5. The van der Waals surface area contributed by atoms with Crippen molar-refractivity contribution in [1.82, 2.24) is 50.3 Å². The van der Waals surface area contributed by atoms with E-state index in [-0.39, 0.29) is 42.9 Å². The van der Waals surface area contributed by atoms with Crippen LogP contribution in [0.5, 0.6) is 0 Å². The summed E-state index contributed by atoms with van der Waals surface area (Å²) in [6.45, 7) is 15.8. The Morgan fingerprint density at radius 1 is 1.15 bits per heavy atom. The molecule has 67 heavy (non-hydrogen) atoms. The van der Waals surface area contributed by atoms with Gasteiger partial charge in [-0.3, -0.25) is 39.0 Å². The van der Waals surface area contributed by atoms with E-state index >= 15 is 0 Å². The van der Waals surface area contributed by atoms with Gasteiger partial charge in [0.05, 0.1) is 46.9 Å². The Bertz CT molecular complexity index is 2460. The highest BCUT2D eigenvalue weighted by molar-refractivity contribution is 7.10. The summed E-state index contributed by atoms with van der Waals surface area (Å²) in [6.07, 6.45) is 2.21. The number of cyclic esters (lactones) is 1. The number of pyridine rings is 1. The van der Waals surface area contributed by atoms with E-state index < -0.39 is 47.7 Å². The molecule has 0 radical (unpaired) electrons. The summed E-state index contributed by atoms with van der Waals surface area (Å²) in [5, 5.41) is 22.9. The molecule has 17 nitrogen and oxygen atoms in total. The van der Waals surface area contributed by atoms with Gasteiger partial charge in [-0.15, -0.1) is 11.3 Å². The number of hydrogen-bond donors (Lipinski definition) is 4. The van der Waals surface area contributed by atoms with Gasteiger partial charge in [0.25, 0.3) is 5.91 Å². The lowest BCUT2D eigenvalue weighted by Gasteiger charge is -2.47. The van der Waals surface area contributed by atoms with E-state index in [0.717, 1.165) is 44.7 Å². The molecule has 3 saturated heterocycles. The van der Waals surface area contributed by atoms with Crippen molar-refractivity contribution in [3.63, 3.8) is 0 Å². The zero-order chi connectivity index (χ0) is 47.9. The molecule has 8 rings (SSSR count). The quantitative estimate of drug-likeness (QED) is 0.0860. The molecular formula is C49H68N10O7S. The maximum absolute atomic E-state index is 14.7. The average Bonchev–Trinajstić information content (AvgIpc) is 3.98. The van der Waals surface area contributed by atoms with Crippen LogP contribution < -0.4 is 16.1 Å². The van der Waals surface area contributed by atoms with E-state index in [9.17, 15) is 24.3 Å². The van der Waals surface area contributed by atoms with E-state index in [1.165, 1.54) is 16.3 Å². The number of aryl methyl sites for hydroxylation is 1. The van der Waals surface area contributed by atoms with E-state index in [1.807, 2.05) is 37.1 Å². The second kappa shape index (κ2) is 20.0. The molecule has 3 amide bonds. The predicted molar refractivity (Wildman–Crippen MR) is 256 cm³/mol. The number of hydrogen-bond acceptors (Lipinski definition) is 14. The number of hydrazine groups is 1. The number of benzene rings is 1. The molecule has 4 aliphatic rings. The Morgan fingerprint density at radius 3 is 2.61 bits per heavy atom. The number of nitrogens with one attached hydrogen (secondary N) is 3. The molecule has 0 spiro atoms. The minimum Gasteiger partial charge on any atom is -0.464 e. The zero-order valence-electron chi connectivity index (χ0n) is 40.4. The Labute approximate surface area is 397 Å². The number of ether oxygens (including phenoxy) is 2. The van der Waals surface area contributed by atoms with Crippen LogP contribution in [0.25, 0.3) is 33.4 Å². The first-order chi connectivity index (χ1) is 32.0. The lowest BCUT2D eigenvalue weighted by Crippen LogP contribution is -2.65. The van der Waals surface area contributed by atoms with Crippen molar-refractivity contribution in [2.24, 2.45) is 17.3 Å². The number of fused-ring (bicyclic) bond motifs is 6. The molecular weight excluding hydrogens is 873 g/mol. The van der Waals surface area contributed by atoms with Crippen LogP contribution in [-0.2, 0) is 48.0 Å². The van der Waals surface area contributed by atoms with Gasteiger partial charge < -0.3 is 34.7 Å². The molecule has 6 atom stereocenters. The Hall–Kier alpha value is -4.82. The molecule has 18 heteroatoms. The molecule has 3 aromatic heterocycles. The topological polar surface area (TPSA) is 197 Å². The first kappa shape index (κ1) is 48.6. The van der Waals surface area contributed by atoms with Gasteiger partial charge in [-0.2, -0.15) is 0 Å². The smallest absolute Gasteiger partial charge is 0.324 e. The maximum atomic E-state index is 14.7. The number of carbonyl (C=O) groups excluding carboxylic acids is 4. The number of esters is 1. The fraction of sp³-hybridized carbons (Fsp3) is 0.592. The number of thiazole rings is 1. The molecule has 4 aliphatic heterocycles. The summed E-state index contributed by atoms with van der Waals surface area (Å²) in [4.78, 5) is 70.8. The zero-order valence-corrected chi connectivity index (χ0v) is 41.2. The molecule has 0 aliphatic carbocycles.